The first-order valence-electron chi connectivity index (χ1n) is 10.5. The minimum atomic E-state index is -0.274. The van der Waals surface area contributed by atoms with Crippen LogP contribution in [0.3, 0.4) is 0 Å². The first-order valence-corrected chi connectivity index (χ1v) is 10.5. The molecule has 0 spiro atoms. The number of nitrogens with one attached hydrogen (secondary N) is 1. The molecule has 0 unspecified atom stereocenters. The Bertz CT molecular complexity index is 1500. The second-order valence-corrected chi connectivity index (χ2v) is 7.77. The van der Waals surface area contributed by atoms with Crippen molar-refractivity contribution in [3.63, 3.8) is 0 Å². The van der Waals surface area contributed by atoms with Gasteiger partial charge >= 0.3 is 0 Å². The fraction of sp³-hybridized carbons (Fsp3) is 0.0800. The maximum atomic E-state index is 12.4. The molecule has 3 N–H and O–H groups in total. The number of pyridine rings is 2. The number of methoxy groups -OCH3 is 1. The molecule has 0 saturated carbocycles. The van der Waals surface area contributed by atoms with E-state index in [1.807, 2.05) is 43.3 Å². The lowest BCUT2D eigenvalue weighted by atomic mass is 9.99. The summed E-state index contributed by atoms with van der Waals surface area (Å²) in [6, 6.07) is 17.2. The van der Waals surface area contributed by atoms with E-state index in [1.165, 1.54) is 17.3 Å². The van der Waals surface area contributed by atoms with Crippen LogP contribution in [0, 0.1) is 6.92 Å². The molecule has 0 bridgehead atoms. The predicted octanol–water partition coefficient (Wildman–Crippen LogP) is 3.84. The van der Waals surface area contributed by atoms with Crippen LogP contribution >= 0.6 is 0 Å². The normalized spacial score (nSPS) is 10.9. The van der Waals surface area contributed by atoms with Crippen LogP contribution in [0.2, 0.25) is 0 Å². The number of aromatic nitrogens is 5. The maximum Gasteiger partial charge on any atom is 0.270 e. The van der Waals surface area contributed by atoms with Crippen molar-refractivity contribution in [2.45, 2.75) is 6.92 Å². The molecule has 1 amide bonds. The zero-order valence-electron chi connectivity index (χ0n) is 18.6. The lowest BCUT2D eigenvalue weighted by Gasteiger charge is -2.11. The Morgan fingerprint density at radius 2 is 1.71 bits per heavy atom. The summed E-state index contributed by atoms with van der Waals surface area (Å²) in [7, 11) is 1.61. The minimum absolute atomic E-state index is 0.274. The van der Waals surface area contributed by atoms with E-state index in [-0.39, 0.29) is 5.91 Å². The van der Waals surface area contributed by atoms with Crippen molar-refractivity contribution < 1.29 is 9.53 Å². The smallest absolute Gasteiger partial charge is 0.270 e. The summed E-state index contributed by atoms with van der Waals surface area (Å²) in [5, 5.41) is 8.27. The summed E-state index contributed by atoms with van der Waals surface area (Å²) in [6.45, 7) is 1.97. The molecule has 168 valence electrons. The molecule has 0 radical (unpaired) electrons. The third kappa shape index (κ3) is 4.02. The van der Waals surface area contributed by atoms with E-state index >= 15 is 0 Å². The number of anilines is 1. The van der Waals surface area contributed by atoms with Crippen LogP contribution in [-0.2, 0) is 0 Å². The third-order valence-electron chi connectivity index (χ3n) is 5.51. The van der Waals surface area contributed by atoms with Gasteiger partial charge in [0.1, 0.15) is 18.5 Å². The summed E-state index contributed by atoms with van der Waals surface area (Å²) in [4.78, 5) is 21.4. The monoisotopic (exact) mass is 451 g/mol. The Hall–Kier alpha value is -4.79. The van der Waals surface area contributed by atoms with Gasteiger partial charge in [-0.1, -0.05) is 18.2 Å². The summed E-state index contributed by atoms with van der Waals surface area (Å²) in [5.41, 5.74) is 14.9. The Balaban J connectivity index is 1.46. The molecule has 0 aliphatic carbocycles. The standard InChI is InChI=1S/C25H21N7O2/c1-15-9-20(12-27-25(15)34-2)18-7-8-22-19(10-18)11-21(23(26)30-22)16-3-5-17(6-4-16)24(33)31-32-13-28-29-14-32/h3-14H,1-2H3,(H2,26,30)(H,31,33). The molecule has 9 nitrogen and oxygen atoms in total. The molecule has 34 heavy (non-hydrogen) atoms. The largest absolute Gasteiger partial charge is 0.481 e. The van der Waals surface area contributed by atoms with E-state index in [0.29, 0.717) is 17.3 Å². The van der Waals surface area contributed by atoms with Gasteiger partial charge in [-0.15, -0.1) is 10.2 Å². The van der Waals surface area contributed by atoms with Gasteiger partial charge in [0, 0.05) is 33.8 Å². The van der Waals surface area contributed by atoms with Gasteiger partial charge in [-0.3, -0.25) is 10.2 Å². The summed E-state index contributed by atoms with van der Waals surface area (Å²) >= 11 is 0. The molecular weight excluding hydrogens is 430 g/mol. The molecule has 0 atom stereocenters. The molecular formula is C25H21N7O2. The van der Waals surface area contributed by atoms with Crippen LogP contribution in [0.5, 0.6) is 5.88 Å². The molecule has 0 aliphatic rings. The molecule has 0 fully saturated rings. The fourth-order valence-corrected chi connectivity index (χ4v) is 3.78. The maximum absolute atomic E-state index is 12.4. The van der Waals surface area contributed by atoms with Crippen LogP contribution in [0.1, 0.15) is 15.9 Å². The van der Waals surface area contributed by atoms with Gasteiger partial charge in [-0.05, 0) is 54.4 Å². The van der Waals surface area contributed by atoms with Crippen LogP contribution in [0.4, 0.5) is 5.82 Å². The van der Waals surface area contributed by atoms with Gasteiger partial charge < -0.3 is 10.5 Å². The van der Waals surface area contributed by atoms with Gasteiger partial charge in [-0.25, -0.2) is 14.6 Å². The molecule has 3 aromatic heterocycles. The van der Waals surface area contributed by atoms with Crippen molar-refractivity contribution in [1.29, 1.82) is 0 Å². The number of benzene rings is 2. The molecule has 5 rings (SSSR count). The highest BCUT2D eigenvalue weighted by atomic mass is 16.5. The summed E-state index contributed by atoms with van der Waals surface area (Å²) in [5.74, 6) is 0.757. The van der Waals surface area contributed by atoms with Crippen molar-refractivity contribution in [1.82, 2.24) is 24.8 Å². The van der Waals surface area contributed by atoms with Crippen LogP contribution < -0.4 is 15.9 Å². The number of carbonyl (C=O) groups is 1. The van der Waals surface area contributed by atoms with Gasteiger partial charge in [0.05, 0.1) is 12.6 Å². The van der Waals surface area contributed by atoms with Crippen molar-refractivity contribution in [2.75, 3.05) is 18.3 Å². The van der Waals surface area contributed by atoms with Crippen molar-refractivity contribution in [2.24, 2.45) is 0 Å². The highest BCUT2D eigenvalue weighted by Crippen LogP contribution is 2.31. The van der Waals surface area contributed by atoms with E-state index in [1.54, 1.807) is 25.4 Å². The number of aryl methyl sites for hydroxylation is 1. The SMILES string of the molecule is COc1ncc(-c2ccc3nc(N)c(-c4ccc(C(=O)Nn5cnnc5)cc4)cc3c2)cc1C. The van der Waals surface area contributed by atoms with Gasteiger partial charge in [0.2, 0.25) is 5.88 Å². The summed E-state index contributed by atoms with van der Waals surface area (Å²) < 4.78 is 6.65. The molecule has 3 heterocycles. The Labute approximate surface area is 195 Å². The molecule has 5 aromatic rings. The number of ether oxygens (including phenoxy) is 1. The second kappa shape index (κ2) is 8.62. The number of amides is 1. The number of nitrogens with two attached hydrogens (primary N) is 1. The highest BCUT2D eigenvalue weighted by Gasteiger charge is 2.11. The van der Waals surface area contributed by atoms with E-state index in [0.717, 1.165) is 38.7 Å². The van der Waals surface area contributed by atoms with Gasteiger partial charge in [0.15, 0.2) is 0 Å². The molecule has 0 aliphatic heterocycles. The van der Waals surface area contributed by atoms with Crippen LogP contribution in [-0.4, -0.2) is 37.9 Å². The van der Waals surface area contributed by atoms with Crippen molar-refractivity contribution >= 4 is 22.6 Å². The molecule has 9 heteroatoms. The quantitative estimate of drug-likeness (QED) is 0.416. The van der Waals surface area contributed by atoms with E-state index in [2.05, 4.69) is 31.7 Å². The minimum Gasteiger partial charge on any atom is -0.481 e. The van der Waals surface area contributed by atoms with Crippen LogP contribution in [0.15, 0.2) is 73.4 Å². The zero-order chi connectivity index (χ0) is 23.7. The molecule has 2 aromatic carbocycles. The van der Waals surface area contributed by atoms with Crippen molar-refractivity contribution in [3.05, 3.63) is 84.6 Å². The number of carbonyl (C=O) groups excluding carboxylic acids is 1. The van der Waals surface area contributed by atoms with Crippen LogP contribution in [0.25, 0.3) is 33.2 Å². The van der Waals surface area contributed by atoms with Gasteiger partial charge in [0.25, 0.3) is 5.91 Å². The Kier molecular flexibility index (Phi) is 5.35. The zero-order valence-corrected chi connectivity index (χ0v) is 18.6. The number of rotatable bonds is 5. The number of nitrogens with zero attached hydrogens (tertiary/aromatic N) is 5. The number of hydrogen-bond donors (Lipinski definition) is 2. The average Bonchev–Trinajstić information content (AvgIpc) is 3.36. The number of fused-ring (bicyclic) bond motifs is 1. The van der Waals surface area contributed by atoms with E-state index < -0.39 is 0 Å². The van der Waals surface area contributed by atoms with Gasteiger partial charge in [-0.2, -0.15) is 0 Å². The average molecular weight is 451 g/mol. The lowest BCUT2D eigenvalue weighted by molar-refractivity contribution is 0.101. The Morgan fingerprint density at radius 3 is 2.41 bits per heavy atom. The Morgan fingerprint density at radius 1 is 0.971 bits per heavy atom. The first kappa shape index (κ1) is 21.1. The topological polar surface area (TPSA) is 121 Å². The number of hydrogen-bond acceptors (Lipinski definition) is 7. The first-order chi connectivity index (χ1) is 16.5. The lowest BCUT2D eigenvalue weighted by Crippen LogP contribution is -2.21. The third-order valence-corrected chi connectivity index (χ3v) is 5.51. The van der Waals surface area contributed by atoms with E-state index in [9.17, 15) is 4.79 Å². The summed E-state index contributed by atoms with van der Waals surface area (Å²) in [6.07, 6.45) is 4.61. The fourth-order valence-electron chi connectivity index (χ4n) is 3.78. The van der Waals surface area contributed by atoms with E-state index in [4.69, 9.17) is 10.5 Å². The predicted molar refractivity (Wildman–Crippen MR) is 130 cm³/mol. The highest BCUT2D eigenvalue weighted by molar-refractivity contribution is 6.00. The molecule has 0 saturated heterocycles. The number of nitrogen functional groups attached to an aromatic ring is 1. The van der Waals surface area contributed by atoms with Crippen molar-refractivity contribution in [3.8, 4) is 28.1 Å². The second-order valence-electron chi connectivity index (χ2n) is 7.77.